The van der Waals surface area contributed by atoms with Crippen LogP contribution in [-0.2, 0) is 9.59 Å². The summed E-state index contributed by atoms with van der Waals surface area (Å²) in [6.07, 6.45) is 0.727. The summed E-state index contributed by atoms with van der Waals surface area (Å²) < 4.78 is 37.9. The Balaban J connectivity index is 1.10. The molecule has 1 aliphatic heterocycles. The lowest BCUT2D eigenvalue weighted by Crippen LogP contribution is -2.75. The number of halogens is 3. The summed E-state index contributed by atoms with van der Waals surface area (Å²) in [5.74, 6) is -0.954. The molecule has 3 saturated carbocycles. The molecule has 2 aromatic rings. The van der Waals surface area contributed by atoms with Crippen LogP contribution in [0.1, 0.15) is 43.8 Å². The van der Waals surface area contributed by atoms with E-state index in [-0.39, 0.29) is 46.4 Å². The highest BCUT2D eigenvalue weighted by atomic mass is 35.5. The lowest BCUT2D eigenvalue weighted by molar-refractivity contribution is -0.175. The van der Waals surface area contributed by atoms with Crippen molar-refractivity contribution in [3.8, 4) is 11.5 Å². The summed E-state index contributed by atoms with van der Waals surface area (Å²) in [5, 5.41) is 13.2. The summed E-state index contributed by atoms with van der Waals surface area (Å²) in [5.41, 5.74) is -0.139. The Hall–Kier alpha value is -2.71. The SMILES string of the molecule is O=C(COc1ccc(Cl)c(F)c1)NC12CC(CC(=O)C3CC(O)c4cc(F)ccc4O3)(C1)C2. The fourth-order valence-corrected chi connectivity index (χ4v) is 5.58. The van der Waals surface area contributed by atoms with Gasteiger partial charge in [0.15, 0.2) is 18.5 Å². The van der Waals surface area contributed by atoms with Crippen molar-refractivity contribution in [2.45, 2.75) is 49.9 Å². The average Bonchev–Trinajstić information content (AvgIpc) is 2.72. The number of aliphatic hydroxyl groups is 1. The number of nitrogens with one attached hydrogen (secondary N) is 1. The lowest BCUT2D eigenvalue weighted by Gasteiger charge is -2.70. The standard InChI is InChI=1S/C24H22ClF2NO5/c25-16-3-2-14(6-17(16)27)32-9-22(31)28-24-10-23(11-24,12-24)8-19(30)21-7-18(29)15-5-13(26)1-4-20(15)33-21/h1-6,18,21,29H,7-12H2,(H,28,31). The fourth-order valence-electron chi connectivity index (χ4n) is 5.46. The molecular weight excluding hydrogens is 456 g/mol. The first-order valence-electron chi connectivity index (χ1n) is 10.7. The number of hydrogen-bond donors (Lipinski definition) is 2. The number of fused-ring (bicyclic) bond motifs is 1. The first-order valence-corrected chi connectivity index (χ1v) is 11.1. The molecule has 4 aliphatic rings. The highest BCUT2D eigenvalue weighted by Gasteiger charge is 2.68. The van der Waals surface area contributed by atoms with Gasteiger partial charge in [-0.2, -0.15) is 0 Å². The van der Waals surface area contributed by atoms with Crippen LogP contribution in [0.4, 0.5) is 8.78 Å². The number of aliphatic hydroxyl groups excluding tert-OH is 1. The Morgan fingerprint density at radius 2 is 1.94 bits per heavy atom. The van der Waals surface area contributed by atoms with E-state index in [1.165, 1.54) is 30.3 Å². The van der Waals surface area contributed by atoms with Crippen molar-refractivity contribution >= 4 is 23.3 Å². The van der Waals surface area contributed by atoms with Crippen molar-refractivity contribution in [3.05, 3.63) is 58.6 Å². The van der Waals surface area contributed by atoms with Crippen LogP contribution >= 0.6 is 11.6 Å². The van der Waals surface area contributed by atoms with Crippen molar-refractivity contribution in [1.82, 2.24) is 5.32 Å². The number of ether oxygens (including phenoxy) is 2. The molecule has 2 N–H and O–H groups in total. The molecule has 6 rings (SSSR count). The van der Waals surface area contributed by atoms with Crippen molar-refractivity contribution in [2.24, 2.45) is 5.41 Å². The highest BCUT2D eigenvalue weighted by molar-refractivity contribution is 6.30. The van der Waals surface area contributed by atoms with Crippen molar-refractivity contribution in [2.75, 3.05) is 6.61 Å². The predicted molar refractivity (Wildman–Crippen MR) is 114 cm³/mol. The zero-order valence-corrected chi connectivity index (χ0v) is 18.3. The van der Waals surface area contributed by atoms with Gasteiger partial charge in [-0.15, -0.1) is 0 Å². The Labute approximate surface area is 193 Å². The minimum absolute atomic E-state index is 0.0215. The molecule has 2 aromatic carbocycles. The van der Waals surface area contributed by atoms with Crippen LogP contribution in [0.5, 0.6) is 11.5 Å². The number of rotatable bonds is 7. The maximum atomic E-state index is 13.5. The van der Waals surface area contributed by atoms with E-state index in [1.54, 1.807) is 0 Å². The van der Waals surface area contributed by atoms with Crippen LogP contribution in [-0.4, -0.2) is 35.0 Å². The van der Waals surface area contributed by atoms with E-state index in [0.717, 1.165) is 6.07 Å². The molecular formula is C24H22ClF2NO5. The van der Waals surface area contributed by atoms with Crippen LogP contribution in [0.25, 0.3) is 0 Å². The zero-order chi connectivity index (χ0) is 23.4. The van der Waals surface area contributed by atoms with Gasteiger partial charge in [0, 0.05) is 30.0 Å². The first kappa shape index (κ1) is 22.1. The first-order chi connectivity index (χ1) is 15.7. The lowest BCUT2D eigenvalue weighted by atomic mass is 9.38. The molecule has 3 fully saturated rings. The third-order valence-electron chi connectivity index (χ3n) is 6.75. The minimum atomic E-state index is -0.953. The Kier molecular flexibility index (Phi) is 5.33. The van der Waals surface area contributed by atoms with Gasteiger partial charge in [0.1, 0.15) is 23.1 Å². The monoisotopic (exact) mass is 477 g/mol. The van der Waals surface area contributed by atoms with E-state index in [1.807, 2.05) is 0 Å². The third kappa shape index (κ3) is 4.17. The second-order valence-corrected chi connectivity index (χ2v) is 9.81. The molecule has 33 heavy (non-hydrogen) atoms. The summed E-state index contributed by atoms with van der Waals surface area (Å²) in [6, 6.07) is 7.85. The fraction of sp³-hybridized carbons (Fsp3) is 0.417. The number of carbonyl (C=O) groups is 2. The van der Waals surface area contributed by atoms with Gasteiger partial charge in [-0.1, -0.05) is 11.6 Å². The van der Waals surface area contributed by atoms with Gasteiger partial charge in [-0.3, -0.25) is 9.59 Å². The maximum Gasteiger partial charge on any atom is 0.258 e. The highest BCUT2D eigenvalue weighted by Crippen LogP contribution is 2.69. The molecule has 6 nitrogen and oxygen atoms in total. The van der Waals surface area contributed by atoms with Gasteiger partial charge in [0.05, 0.1) is 11.1 Å². The minimum Gasteiger partial charge on any atom is -0.484 e. The van der Waals surface area contributed by atoms with Crippen molar-refractivity contribution in [3.63, 3.8) is 0 Å². The number of Topliss-reactive ketones (excluding diaryl/α,β-unsaturated/α-hetero) is 1. The molecule has 2 atom stereocenters. The van der Waals surface area contributed by atoms with Crippen LogP contribution in [0.2, 0.25) is 5.02 Å². The van der Waals surface area contributed by atoms with E-state index in [9.17, 15) is 23.5 Å². The normalized spacial score (nSPS) is 29.1. The summed E-state index contributed by atoms with van der Waals surface area (Å²) in [4.78, 5) is 25.1. The maximum absolute atomic E-state index is 13.5. The Morgan fingerprint density at radius 3 is 2.67 bits per heavy atom. The molecule has 2 bridgehead atoms. The van der Waals surface area contributed by atoms with Gasteiger partial charge in [-0.25, -0.2) is 8.78 Å². The van der Waals surface area contributed by atoms with Gasteiger partial charge in [0.25, 0.3) is 5.91 Å². The van der Waals surface area contributed by atoms with Gasteiger partial charge in [0.2, 0.25) is 0 Å². The largest absolute Gasteiger partial charge is 0.484 e. The predicted octanol–water partition coefficient (Wildman–Crippen LogP) is 3.88. The number of hydrogen-bond acceptors (Lipinski definition) is 5. The van der Waals surface area contributed by atoms with Crippen molar-refractivity contribution < 1.29 is 33.0 Å². The second kappa shape index (κ2) is 7.95. The molecule has 1 amide bonds. The number of carbonyl (C=O) groups excluding carboxylic acids is 2. The Morgan fingerprint density at radius 1 is 1.18 bits per heavy atom. The van der Waals surface area contributed by atoms with E-state index >= 15 is 0 Å². The molecule has 174 valence electrons. The molecule has 2 unspecified atom stereocenters. The molecule has 0 spiro atoms. The van der Waals surface area contributed by atoms with Crippen LogP contribution in [0.3, 0.4) is 0 Å². The van der Waals surface area contributed by atoms with Gasteiger partial charge < -0.3 is 19.9 Å². The summed E-state index contributed by atoms with van der Waals surface area (Å²) in [6.45, 7) is -0.247. The quantitative estimate of drug-likeness (QED) is 0.632. The molecule has 0 aromatic heterocycles. The smallest absolute Gasteiger partial charge is 0.258 e. The van der Waals surface area contributed by atoms with Gasteiger partial charge in [-0.05, 0) is 55.0 Å². The second-order valence-electron chi connectivity index (χ2n) is 9.41. The third-order valence-corrected chi connectivity index (χ3v) is 7.06. The number of benzene rings is 2. The summed E-state index contributed by atoms with van der Waals surface area (Å²) in [7, 11) is 0. The van der Waals surface area contributed by atoms with E-state index < -0.39 is 23.8 Å². The topological polar surface area (TPSA) is 84.9 Å². The van der Waals surface area contributed by atoms with E-state index in [2.05, 4.69) is 5.32 Å². The molecule has 3 aliphatic carbocycles. The Bertz CT molecular complexity index is 1120. The van der Waals surface area contributed by atoms with Crippen LogP contribution in [0, 0.1) is 17.0 Å². The van der Waals surface area contributed by atoms with Crippen molar-refractivity contribution in [1.29, 1.82) is 0 Å². The zero-order valence-electron chi connectivity index (χ0n) is 17.6. The molecule has 0 radical (unpaired) electrons. The molecule has 1 heterocycles. The number of amides is 1. The van der Waals surface area contributed by atoms with Crippen LogP contribution in [0.15, 0.2) is 36.4 Å². The molecule has 0 saturated heterocycles. The van der Waals surface area contributed by atoms with Crippen LogP contribution < -0.4 is 14.8 Å². The van der Waals surface area contributed by atoms with E-state index in [0.29, 0.717) is 37.0 Å². The van der Waals surface area contributed by atoms with Gasteiger partial charge >= 0.3 is 0 Å². The molecule has 9 heteroatoms. The summed E-state index contributed by atoms with van der Waals surface area (Å²) >= 11 is 5.63. The van der Waals surface area contributed by atoms with E-state index in [4.69, 9.17) is 21.1 Å². The number of ketones is 1. The average molecular weight is 478 g/mol.